The summed E-state index contributed by atoms with van der Waals surface area (Å²) in [5.41, 5.74) is 2.38. The summed E-state index contributed by atoms with van der Waals surface area (Å²) >= 11 is 0. The molecule has 6 nitrogen and oxygen atoms in total. The number of aromatic nitrogens is 1. The average molecular weight is 411 g/mol. The summed E-state index contributed by atoms with van der Waals surface area (Å²) in [6, 6.07) is 11.3. The summed E-state index contributed by atoms with van der Waals surface area (Å²) in [4.78, 5) is 5.99. The molecule has 1 aliphatic heterocycles. The Balaban J connectivity index is 2.07. The van der Waals surface area contributed by atoms with Gasteiger partial charge in [0.1, 0.15) is 18.0 Å². The molecule has 0 saturated carbocycles. The number of nitrogens with one attached hydrogen (secondary N) is 1. The summed E-state index contributed by atoms with van der Waals surface area (Å²) in [7, 11) is 0. The van der Waals surface area contributed by atoms with Crippen LogP contribution in [-0.2, 0) is 0 Å². The number of halogens is 2. The van der Waals surface area contributed by atoms with Crippen molar-refractivity contribution in [1.29, 1.82) is 10.5 Å². The van der Waals surface area contributed by atoms with E-state index in [0.717, 1.165) is 5.56 Å². The largest absolute Gasteiger partial charge is 0.369 e. The third kappa shape index (κ3) is 4.50. The summed E-state index contributed by atoms with van der Waals surface area (Å²) in [5.74, 6) is -2.50. The fourth-order valence-corrected chi connectivity index (χ4v) is 3.73. The van der Waals surface area contributed by atoms with E-state index >= 15 is 0 Å². The molecule has 1 aromatic heterocycles. The van der Waals surface area contributed by atoms with Crippen LogP contribution in [0, 0.1) is 36.5 Å². The Morgan fingerprint density at radius 2 is 1.97 bits per heavy atom. The highest BCUT2D eigenvalue weighted by molar-refractivity contribution is 5.62. The minimum atomic E-state index is -2.76. The van der Waals surface area contributed by atoms with Crippen LogP contribution in [0.4, 0.5) is 20.3 Å². The normalized spacial score (nSPS) is 16.8. The van der Waals surface area contributed by atoms with E-state index in [1.54, 1.807) is 17.9 Å². The summed E-state index contributed by atoms with van der Waals surface area (Å²) < 4.78 is 27.8. The van der Waals surface area contributed by atoms with Gasteiger partial charge in [-0.2, -0.15) is 10.5 Å². The number of hydrogen-bond acceptors (Lipinski definition) is 6. The molecular weight excluding hydrogens is 388 g/mol. The van der Waals surface area contributed by atoms with Crippen molar-refractivity contribution in [3.8, 4) is 12.1 Å². The molecule has 0 aliphatic carbocycles. The van der Waals surface area contributed by atoms with Gasteiger partial charge in [0.2, 0.25) is 5.92 Å². The number of hydrogen-bond donors (Lipinski definition) is 2. The number of aliphatic hydroxyl groups is 1. The Bertz CT molecular complexity index is 1030. The third-order valence-electron chi connectivity index (χ3n) is 5.30. The lowest BCUT2D eigenvalue weighted by molar-refractivity contribution is -0.0102. The average Bonchev–Trinajstić information content (AvgIpc) is 2.87. The number of aliphatic hydroxyl groups excluding tert-OH is 1. The molecule has 0 radical (unpaired) electrons. The molecule has 0 spiro atoms. The highest BCUT2D eigenvalue weighted by Crippen LogP contribution is 2.35. The topological polar surface area (TPSA) is 96.0 Å². The van der Waals surface area contributed by atoms with Crippen LogP contribution >= 0.6 is 0 Å². The van der Waals surface area contributed by atoms with E-state index in [0.29, 0.717) is 23.4 Å². The molecule has 30 heavy (non-hydrogen) atoms. The van der Waals surface area contributed by atoms with Crippen LogP contribution in [-0.4, -0.2) is 29.1 Å². The molecule has 1 aromatic carbocycles. The van der Waals surface area contributed by atoms with Gasteiger partial charge in [0.05, 0.1) is 5.56 Å². The van der Waals surface area contributed by atoms with Crippen LogP contribution in [0.2, 0.25) is 0 Å². The molecule has 0 bridgehead atoms. The second kappa shape index (κ2) is 8.64. The molecule has 1 saturated heterocycles. The lowest BCUT2D eigenvalue weighted by atomic mass is 10.00. The van der Waals surface area contributed by atoms with Crippen LogP contribution in [0.3, 0.4) is 0 Å². The van der Waals surface area contributed by atoms with Crippen LogP contribution < -0.4 is 10.2 Å². The van der Waals surface area contributed by atoms with Gasteiger partial charge >= 0.3 is 0 Å². The Morgan fingerprint density at radius 1 is 1.20 bits per heavy atom. The first-order chi connectivity index (χ1) is 14.3. The van der Waals surface area contributed by atoms with E-state index < -0.39 is 12.2 Å². The van der Waals surface area contributed by atoms with E-state index in [1.165, 1.54) is 0 Å². The van der Waals surface area contributed by atoms with Crippen molar-refractivity contribution in [2.75, 3.05) is 23.3 Å². The van der Waals surface area contributed by atoms with Crippen LogP contribution in [0.15, 0.2) is 24.3 Å². The predicted octanol–water partition coefficient (Wildman–Crippen LogP) is 4.17. The number of nitriles is 2. The van der Waals surface area contributed by atoms with Gasteiger partial charge in [-0.25, -0.2) is 13.8 Å². The van der Waals surface area contributed by atoms with Crippen LogP contribution in [0.25, 0.3) is 0 Å². The molecule has 1 fully saturated rings. The Kier molecular flexibility index (Phi) is 6.19. The molecule has 2 aromatic rings. The maximum Gasteiger partial charge on any atom is 0.249 e. The van der Waals surface area contributed by atoms with Gasteiger partial charge in [0.25, 0.3) is 0 Å². The molecule has 1 unspecified atom stereocenters. The minimum Gasteiger partial charge on any atom is -0.369 e. The lowest BCUT2D eigenvalue weighted by Crippen LogP contribution is -2.30. The zero-order valence-corrected chi connectivity index (χ0v) is 16.9. The molecule has 2 heterocycles. The van der Waals surface area contributed by atoms with Crippen LogP contribution in [0.5, 0.6) is 0 Å². The Hall–Kier alpha value is -3.23. The zero-order chi connectivity index (χ0) is 21.9. The quantitative estimate of drug-likeness (QED) is 0.733. The second-order valence-corrected chi connectivity index (χ2v) is 7.53. The zero-order valence-electron chi connectivity index (χ0n) is 16.9. The SMILES string of the molecule is Cc1cccc(NC(O)c2c(N3CCCC(F)(F)CC3)nc(C#N)c(C#N)c2C)c1. The highest BCUT2D eigenvalue weighted by Gasteiger charge is 2.34. The fraction of sp³-hybridized carbons (Fsp3) is 0.409. The molecule has 3 rings (SSSR count). The third-order valence-corrected chi connectivity index (χ3v) is 5.30. The lowest BCUT2D eigenvalue weighted by Gasteiger charge is -2.28. The van der Waals surface area contributed by atoms with Crippen molar-refractivity contribution in [3.05, 3.63) is 52.2 Å². The van der Waals surface area contributed by atoms with Gasteiger partial charge in [-0.3, -0.25) is 0 Å². The first-order valence-corrected chi connectivity index (χ1v) is 9.74. The summed E-state index contributed by atoms with van der Waals surface area (Å²) in [6.07, 6.45) is -1.53. The van der Waals surface area contributed by atoms with Crippen molar-refractivity contribution >= 4 is 11.5 Å². The number of anilines is 2. The number of aryl methyl sites for hydroxylation is 1. The highest BCUT2D eigenvalue weighted by atomic mass is 19.3. The van der Waals surface area contributed by atoms with Gasteiger partial charge in [0, 0.05) is 37.2 Å². The smallest absolute Gasteiger partial charge is 0.249 e. The molecule has 0 amide bonds. The van der Waals surface area contributed by atoms with E-state index in [9.17, 15) is 24.4 Å². The molecular formula is C22H23F2N5O. The van der Waals surface area contributed by atoms with E-state index in [4.69, 9.17) is 0 Å². The summed E-state index contributed by atoms with van der Waals surface area (Å²) in [6.45, 7) is 3.92. The van der Waals surface area contributed by atoms with Gasteiger partial charge in [-0.1, -0.05) is 12.1 Å². The molecule has 8 heteroatoms. The molecule has 1 aliphatic rings. The number of pyridine rings is 1. The van der Waals surface area contributed by atoms with Crippen molar-refractivity contribution in [2.45, 2.75) is 45.3 Å². The number of rotatable bonds is 4. The maximum atomic E-state index is 13.9. The summed E-state index contributed by atoms with van der Waals surface area (Å²) in [5, 5.41) is 33.0. The van der Waals surface area contributed by atoms with Crippen molar-refractivity contribution in [3.63, 3.8) is 0 Å². The fourth-order valence-electron chi connectivity index (χ4n) is 3.73. The van der Waals surface area contributed by atoms with Crippen LogP contribution in [0.1, 0.15) is 53.4 Å². The van der Waals surface area contributed by atoms with Gasteiger partial charge in [-0.05, 0) is 43.5 Å². The standard InChI is InChI=1S/C22H23F2N5O/c1-14-5-3-6-16(11-14)27-21(30)19-15(2)17(12-25)18(13-26)28-20(19)29-9-4-7-22(23,24)8-10-29/h3,5-6,11,21,27,30H,4,7-10H2,1-2H3. The van der Waals surface area contributed by atoms with E-state index in [-0.39, 0.29) is 42.9 Å². The van der Waals surface area contributed by atoms with E-state index in [2.05, 4.69) is 10.3 Å². The Labute approximate surface area is 174 Å². The number of nitrogens with zero attached hydrogens (tertiary/aromatic N) is 4. The predicted molar refractivity (Wildman–Crippen MR) is 109 cm³/mol. The number of benzene rings is 1. The first-order valence-electron chi connectivity index (χ1n) is 9.74. The van der Waals surface area contributed by atoms with Crippen molar-refractivity contribution < 1.29 is 13.9 Å². The second-order valence-electron chi connectivity index (χ2n) is 7.53. The van der Waals surface area contributed by atoms with Gasteiger partial charge < -0.3 is 15.3 Å². The van der Waals surface area contributed by atoms with Crippen molar-refractivity contribution in [1.82, 2.24) is 4.98 Å². The van der Waals surface area contributed by atoms with Crippen molar-refractivity contribution in [2.24, 2.45) is 0 Å². The molecule has 1 atom stereocenters. The number of alkyl halides is 2. The molecule has 2 N–H and O–H groups in total. The van der Waals surface area contributed by atoms with E-state index in [1.807, 2.05) is 37.3 Å². The maximum absolute atomic E-state index is 13.9. The first kappa shape index (κ1) is 21.5. The minimum absolute atomic E-state index is 0.0420. The molecule has 156 valence electrons. The monoisotopic (exact) mass is 411 g/mol. The van der Waals surface area contributed by atoms with Gasteiger partial charge in [-0.15, -0.1) is 0 Å². The Morgan fingerprint density at radius 3 is 2.63 bits per heavy atom. The van der Waals surface area contributed by atoms with Gasteiger partial charge in [0.15, 0.2) is 11.9 Å².